The van der Waals surface area contributed by atoms with E-state index in [0.29, 0.717) is 22.6 Å². The molecule has 0 spiro atoms. The van der Waals surface area contributed by atoms with Crippen molar-refractivity contribution in [2.24, 2.45) is 0 Å². The number of aromatic nitrogens is 2. The van der Waals surface area contributed by atoms with Gasteiger partial charge in [-0.25, -0.2) is 14.6 Å². The molecule has 0 aliphatic rings. The van der Waals surface area contributed by atoms with Gasteiger partial charge in [0.05, 0.1) is 12.2 Å². The number of hydrogen-bond acceptors (Lipinski definition) is 4. The maximum Gasteiger partial charge on any atom is 0.335 e. The van der Waals surface area contributed by atoms with Gasteiger partial charge < -0.3 is 14.9 Å². The lowest BCUT2D eigenvalue weighted by molar-refractivity contribution is -0.142. The number of carboxylic acid groups (broad SMARTS) is 2. The van der Waals surface area contributed by atoms with Gasteiger partial charge in [-0.2, -0.15) is 0 Å². The third-order valence-electron chi connectivity index (χ3n) is 3.50. The first-order chi connectivity index (χ1) is 12.5. The lowest BCUT2D eigenvalue weighted by Crippen LogP contribution is -2.07. The zero-order chi connectivity index (χ0) is 18.5. The number of aromatic carboxylic acids is 1. The van der Waals surface area contributed by atoms with Crippen molar-refractivity contribution in [3.05, 3.63) is 71.2 Å². The van der Waals surface area contributed by atoms with Gasteiger partial charge in [-0.05, 0) is 36.3 Å². The summed E-state index contributed by atoms with van der Waals surface area (Å²) in [7, 11) is 0. The third-order valence-corrected chi connectivity index (χ3v) is 3.50. The van der Waals surface area contributed by atoms with Gasteiger partial charge in [-0.3, -0.25) is 4.40 Å². The fraction of sp³-hybridized carbons (Fsp3) is 0.105. The highest BCUT2D eigenvalue weighted by atomic mass is 16.5. The van der Waals surface area contributed by atoms with Crippen LogP contribution in [0.1, 0.15) is 27.3 Å². The number of pyridine rings is 1. The topological polar surface area (TPSA) is 101 Å². The van der Waals surface area contributed by atoms with Crippen molar-refractivity contribution in [3.63, 3.8) is 0 Å². The van der Waals surface area contributed by atoms with E-state index in [1.54, 1.807) is 28.8 Å². The molecule has 7 nitrogen and oxygen atoms in total. The number of aliphatic carboxylic acids is 1. The maximum absolute atomic E-state index is 11.1. The summed E-state index contributed by atoms with van der Waals surface area (Å²) in [6.45, 7) is -0.422. The Hall–Kier alpha value is -3.63. The van der Waals surface area contributed by atoms with Crippen LogP contribution in [0.25, 0.3) is 5.65 Å². The Kier molecular flexibility index (Phi) is 4.97. The van der Waals surface area contributed by atoms with Crippen molar-refractivity contribution >= 4 is 17.6 Å². The van der Waals surface area contributed by atoms with Crippen LogP contribution in [0.15, 0.2) is 48.7 Å². The van der Waals surface area contributed by atoms with Gasteiger partial charge in [-0.1, -0.05) is 18.1 Å². The lowest BCUT2D eigenvalue weighted by atomic mass is 10.1. The van der Waals surface area contributed by atoms with Gasteiger partial charge in [0.2, 0.25) is 0 Å². The lowest BCUT2D eigenvalue weighted by Gasteiger charge is -1.99. The van der Waals surface area contributed by atoms with Crippen molar-refractivity contribution in [2.45, 2.75) is 6.61 Å². The van der Waals surface area contributed by atoms with E-state index in [9.17, 15) is 9.59 Å². The number of carboxylic acids is 2. The summed E-state index contributed by atoms with van der Waals surface area (Å²) in [5, 5.41) is 17.8. The Morgan fingerprint density at radius 3 is 2.73 bits per heavy atom. The highest BCUT2D eigenvalue weighted by Gasteiger charge is 2.11. The van der Waals surface area contributed by atoms with Crippen LogP contribution in [0.4, 0.5) is 0 Å². The first kappa shape index (κ1) is 17.2. The van der Waals surface area contributed by atoms with E-state index in [1.807, 2.05) is 12.1 Å². The van der Waals surface area contributed by atoms with Crippen molar-refractivity contribution < 1.29 is 24.5 Å². The number of benzene rings is 1. The molecule has 0 aliphatic heterocycles. The molecule has 0 fully saturated rings. The van der Waals surface area contributed by atoms with Gasteiger partial charge in [0, 0.05) is 11.8 Å². The molecule has 0 bridgehead atoms. The van der Waals surface area contributed by atoms with E-state index in [4.69, 9.17) is 14.9 Å². The van der Waals surface area contributed by atoms with Crippen molar-refractivity contribution in [1.29, 1.82) is 0 Å². The van der Waals surface area contributed by atoms with Gasteiger partial charge in [0.1, 0.15) is 23.6 Å². The number of ether oxygens (including phenoxy) is 1. The Labute approximate surface area is 148 Å². The van der Waals surface area contributed by atoms with Crippen LogP contribution in [0.3, 0.4) is 0 Å². The van der Waals surface area contributed by atoms with E-state index < -0.39 is 18.5 Å². The third kappa shape index (κ3) is 3.88. The zero-order valence-corrected chi connectivity index (χ0v) is 13.5. The fourth-order valence-corrected chi connectivity index (χ4v) is 2.37. The van der Waals surface area contributed by atoms with Crippen LogP contribution < -0.4 is 0 Å². The summed E-state index contributed by atoms with van der Waals surface area (Å²) in [5.41, 5.74) is 2.43. The predicted molar refractivity (Wildman–Crippen MR) is 91.9 cm³/mol. The second-order valence-corrected chi connectivity index (χ2v) is 5.36. The highest BCUT2D eigenvalue weighted by molar-refractivity contribution is 5.88. The molecular formula is C19H14N2O5. The van der Waals surface area contributed by atoms with Crippen molar-refractivity contribution in [3.8, 4) is 11.8 Å². The predicted octanol–water partition coefficient (Wildman–Crippen LogP) is 2.03. The van der Waals surface area contributed by atoms with Crippen LogP contribution in [-0.4, -0.2) is 38.1 Å². The summed E-state index contributed by atoms with van der Waals surface area (Å²) in [6.07, 6.45) is 1.79. The number of hydrogen-bond donors (Lipinski definition) is 2. The molecule has 2 heterocycles. The SMILES string of the molecule is O=C(O)COCc1nc2ccccn2c1C#Cc1cccc(C(=O)O)c1. The largest absolute Gasteiger partial charge is 0.480 e. The molecule has 0 saturated carbocycles. The summed E-state index contributed by atoms with van der Waals surface area (Å²) >= 11 is 0. The number of fused-ring (bicyclic) bond motifs is 1. The number of imidazole rings is 1. The van der Waals surface area contributed by atoms with Gasteiger partial charge in [-0.15, -0.1) is 0 Å². The average Bonchev–Trinajstić information content (AvgIpc) is 2.97. The minimum absolute atomic E-state index is 0.00710. The van der Waals surface area contributed by atoms with E-state index in [2.05, 4.69) is 16.8 Å². The molecule has 3 aromatic rings. The first-order valence-corrected chi connectivity index (χ1v) is 7.65. The molecule has 7 heteroatoms. The fourth-order valence-electron chi connectivity index (χ4n) is 2.37. The zero-order valence-electron chi connectivity index (χ0n) is 13.5. The molecule has 0 saturated heterocycles. The first-order valence-electron chi connectivity index (χ1n) is 7.65. The quantitative estimate of drug-likeness (QED) is 0.683. The van der Waals surface area contributed by atoms with Crippen LogP contribution in [0, 0.1) is 11.8 Å². The molecule has 0 radical (unpaired) electrons. The second-order valence-electron chi connectivity index (χ2n) is 5.36. The Morgan fingerprint density at radius 1 is 1.12 bits per heavy atom. The molecule has 0 unspecified atom stereocenters. The monoisotopic (exact) mass is 350 g/mol. The van der Waals surface area contributed by atoms with Gasteiger partial charge in [0.15, 0.2) is 0 Å². The molecule has 2 N–H and O–H groups in total. The number of carbonyl (C=O) groups is 2. The Bertz CT molecular complexity index is 1040. The van der Waals surface area contributed by atoms with E-state index in [-0.39, 0.29) is 12.2 Å². The maximum atomic E-state index is 11.1. The standard InChI is InChI=1S/C19H14N2O5/c22-18(23)12-26-11-15-16(21-9-2-1-6-17(21)20-15)8-7-13-4-3-5-14(10-13)19(24)25/h1-6,9-10H,11-12H2,(H,22,23)(H,24,25). The summed E-state index contributed by atoms with van der Waals surface area (Å²) in [5.74, 6) is 3.83. The molecular weight excluding hydrogens is 336 g/mol. The van der Waals surface area contributed by atoms with Crippen LogP contribution >= 0.6 is 0 Å². The van der Waals surface area contributed by atoms with Crippen molar-refractivity contribution in [1.82, 2.24) is 9.38 Å². The summed E-state index contributed by atoms with van der Waals surface area (Å²) in [6, 6.07) is 11.8. The average molecular weight is 350 g/mol. The van der Waals surface area contributed by atoms with E-state index >= 15 is 0 Å². The van der Waals surface area contributed by atoms with Crippen LogP contribution in [0.2, 0.25) is 0 Å². The molecule has 3 rings (SSSR count). The van der Waals surface area contributed by atoms with E-state index in [0.717, 1.165) is 0 Å². The summed E-state index contributed by atoms with van der Waals surface area (Å²) in [4.78, 5) is 26.1. The molecule has 130 valence electrons. The smallest absolute Gasteiger partial charge is 0.335 e. The van der Waals surface area contributed by atoms with Crippen LogP contribution in [0.5, 0.6) is 0 Å². The molecule has 1 aromatic carbocycles. The second kappa shape index (κ2) is 7.51. The molecule has 2 aromatic heterocycles. The minimum Gasteiger partial charge on any atom is -0.480 e. The molecule has 0 amide bonds. The molecule has 26 heavy (non-hydrogen) atoms. The molecule has 0 aliphatic carbocycles. The van der Waals surface area contributed by atoms with E-state index in [1.165, 1.54) is 12.1 Å². The highest BCUT2D eigenvalue weighted by Crippen LogP contribution is 2.13. The number of rotatable bonds is 5. The van der Waals surface area contributed by atoms with Crippen molar-refractivity contribution in [2.75, 3.05) is 6.61 Å². The van der Waals surface area contributed by atoms with Crippen LogP contribution in [-0.2, 0) is 16.1 Å². The van der Waals surface area contributed by atoms with Gasteiger partial charge >= 0.3 is 11.9 Å². The Balaban J connectivity index is 1.97. The minimum atomic E-state index is -1.06. The summed E-state index contributed by atoms with van der Waals surface area (Å²) < 4.78 is 6.90. The van der Waals surface area contributed by atoms with Gasteiger partial charge in [0.25, 0.3) is 0 Å². The Morgan fingerprint density at radius 2 is 1.96 bits per heavy atom. The number of nitrogens with zero attached hydrogens (tertiary/aromatic N) is 2. The molecule has 0 atom stereocenters. The normalized spacial score (nSPS) is 10.3.